The van der Waals surface area contributed by atoms with Crippen LogP contribution >= 0.6 is 0 Å². The maximum Gasteiger partial charge on any atom is 0.257 e. The number of carbonyl (C=O) groups is 2. The summed E-state index contributed by atoms with van der Waals surface area (Å²) in [6, 6.07) is 14.6. The van der Waals surface area contributed by atoms with Crippen LogP contribution in [-0.4, -0.2) is 32.1 Å². The zero-order chi connectivity index (χ0) is 18.2. The molecule has 0 fully saturated rings. The fourth-order valence-electron chi connectivity index (χ4n) is 2.31. The lowest BCUT2D eigenvalue weighted by Gasteiger charge is -2.14. The van der Waals surface area contributed by atoms with Gasteiger partial charge in [0.2, 0.25) is 0 Å². The molecule has 0 aromatic heterocycles. The van der Waals surface area contributed by atoms with E-state index in [-0.39, 0.29) is 29.7 Å². The van der Waals surface area contributed by atoms with Crippen molar-refractivity contribution in [2.75, 3.05) is 20.3 Å². The third-order valence-electron chi connectivity index (χ3n) is 3.79. The van der Waals surface area contributed by atoms with E-state index in [0.717, 1.165) is 5.56 Å². The summed E-state index contributed by atoms with van der Waals surface area (Å²) in [5.74, 6) is 0.0103. The maximum absolute atomic E-state index is 12.0. The van der Waals surface area contributed by atoms with Crippen LogP contribution in [0.2, 0.25) is 0 Å². The van der Waals surface area contributed by atoms with Gasteiger partial charge in [-0.05, 0) is 23.6 Å². The van der Waals surface area contributed by atoms with Gasteiger partial charge in [0.15, 0.2) is 6.61 Å². The fraction of sp³-hybridized carbons (Fsp3) is 0.263. The minimum Gasteiger partial charge on any atom is -0.497 e. The fourth-order valence-corrected chi connectivity index (χ4v) is 2.31. The maximum atomic E-state index is 12.0. The van der Waals surface area contributed by atoms with Crippen LogP contribution in [0.25, 0.3) is 0 Å². The number of hydrogen-bond donors (Lipinski definition) is 2. The van der Waals surface area contributed by atoms with E-state index >= 15 is 0 Å². The van der Waals surface area contributed by atoms with Gasteiger partial charge < -0.3 is 20.5 Å². The molecule has 6 heteroatoms. The summed E-state index contributed by atoms with van der Waals surface area (Å²) in [5.41, 5.74) is 6.66. The van der Waals surface area contributed by atoms with Crippen LogP contribution in [0.3, 0.4) is 0 Å². The van der Waals surface area contributed by atoms with Crippen LogP contribution in [0, 0.1) is 0 Å². The Balaban J connectivity index is 1.90. The second-order valence-electron chi connectivity index (χ2n) is 5.63. The van der Waals surface area contributed by atoms with Crippen LogP contribution < -0.4 is 20.5 Å². The van der Waals surface area contributed by atoms with Crippen LogP contribution in [0.5, 0.6) is 11.5 Å². The van der Waals surface area contributed by atoms with Crippen LogP contribution in [-0.2, 0) is 4.79 Å². The molecule has 25 heavy (non-hydrogen) atoms. The predicted octanol–water partition coefficient (Wildman–Crippen LogP) is 2.09. The molecule has 0 bridgehead atoms. The molecular formula is C19H22N2O4. The first kappa shape index (κ1) is 18.3. The average Bonchev–Trinajstić information content (AvgIpc) is 2.64. The zero-order valence-corrected chi connectivity index (χ0v) is 14.3. The highest BCUT2D eigenvalue weighted by atomic mass is 16.5. The number of benzene rings is 2. The Morgan fingerprint density at radius 1 is 1.16 bits per heavy atom. The third-order valence-corrected chi connectivity index (χ3v) is 3.79. The van der Waals surface area contributed by atoms with Crippen molar-refractivity contribution >= 4 is 11.8 Å². The number of ether oxygens (including phenoxy) is 2. The van der Waals surface area contributed by atoms with Crippen LogP contribution in [0.1, 0.15) is 28.8 Å². The van der Waals surface area contributed by atoms with Crippen molar-refractivity contribution in [3.63, 3.8) is 0 Å². The Labute approximate surface area is 146 Å². The lowest BCUT2D eigenvalue weighted by atomic mass is 10.0. The third kappa shape index (κ3) is 5.24. The summed E-state index contributed by atoms with van der Waals surface area (Å²) >= 11 is 0. The molecule has 0 radical (unpaired) electrons. The molecule has 2 amide bonds. The van der Waals surface area contributed by atoms with Gasteiger partial charge in [0.05, 0.1) is 12.7 Å². The summed E-state index contributed by atoms with van der Waals surface area (Å²) in [6.45, 7) is 2.31. The second kappa shape index (κ2) is 8.73. The van der Waals surface area contributed by atoms with E-state index < -0.39 is 5.91 Å². The minimum atomic E-state index is -0.629. The van der Waals surface area contributed by atoms with E-state index in [1.807, 2.05) is 37.3 Å². The molecule has 0 saturated heterocycles. The van der Waals surface area contributed by atoms with Gasteiger partial charge in [-0.2, -0.15) is 0 Å². The summed E-state index contributed by atoms with van der Waals surface area (Å²) in [7, 11) is 1.50. The van der Waals surface area contributed by atoms with Crippen molar-refractivity contribution in [1.82, 2.24) is 5.32 Å². The van der Waals surface area contributed by atoms with Crippen molar-refractivity contribution < 1.29 is 19.1 Å². The van der Waals surface area contributed by atoms with Gasteiger partial charge in [-0.25, -0.2) is 0 Å². The van der Waals surface area contributed by atoms with Crippen molar-refractivity contribution in [2.24, 2.45) is 5.73 Å². The zero-order valence-electron chi connectivity index (χ0n) is 14.3. The normalized spacial score (nSPS) is 11.4. The van der Waals surface area contributed by atoms with Crippen molar-refractivity contribution in [1.29, 1.82) is 0 Å². The van der Waals surface area contributed by atoms with Crippen molar-refractivity contribution in [2.45, 2.75) is 12.8 Å². The molecule has 1 unspecified atom stereocenters. The van der Waals surface area contributed by atoms with Crippen molar-refractivity contribution in [3.8, 4) is 11.5 Å². The number of nitrogens with two attached hydrogens (primary N) is 1. The van der Waals surface area contributed by atoms with E-state index in [4.69, 9.17) is 15.2 Å². The lowest BCUT2D eigenvalue weighted by molar-refractivity contribution is -0.123. The van der Waals surface area contributed by atoms with Crippen molar-refractivity contribution in [3.05, 3.63) is 59.7 Å². The summed E-state index contributed by atoms with van der Waals surface area (Å²) in [4.78, 5) is 23.4. The molecule has 2 aromatic carbocycles. The van der Waals surface area contributed by atoms with Gasteiger partial charge in [-0.3, -0.25) is 9.59 Å². The van der Waals surface area contributed by atoms with Gasteiger partial charge >= 0.3 is 0 Å². The number of carbonyl (C=O) groups excluding carboxylic acids is 2. The summed E-state index contributed by atoms with van der Waals surface area (Å²) in [5, 5.41) is 2.82. The number of methoxy groups -OCH3 is 1. The first-order valence-corrected chi connectivity index (χ1v) is 7.93. The Bertz CT molecular complexity index is 731. The Morgan fingerprint density at radius 2 is 1.88 bits per heavy atom. The molecule has 1 atom stereocenters. The number of hydrogen-bond acceptors (Lipinski definition) is 4. The summed E-state index contributed by atoms with van der Waals surface area (Å²) in [6.07, 6.45) is 0. The average molecular weight is 342 g/mol. The highest BCUT2D eigenvalue weighted by Crippen LogP contribution is 2.24. The minimum absolute atomic E-state index is 0.183. The highest BCUT2D eigenvalue weighted by Gasteiger charge is 2.13. The Kier molecular flexibility index (Phi) is 6.39. The largest absolute Gasteiger partial charge is 0.497 e. The van der Waals surface area contributed by atoms with Crippen LogP contribution in [0.4, 0.5) is 0 Å². The molecule has 0 saturated carbocycles. The molecule has 6 nitrogen and oxygen atoms in total. The molecule has 3 N–H and O–H groups in total. The van der Waals surface area contributed by atoms with E-state index in [2.05, 4.69) is 5.32 Å². The molecule has 132 valence electrons. The van der Waals surface area contributed by atoms with E-state index in [9.17, 15) is 9.59 Å². The number of amides is 2. The Morgan fingerprint density at radius 3 is 2.52 bits per heavy atom. The van der Waals surface area contributed by atoms with Gasteiger partial charge in [0.1, 0.15) is 11.5 Å². The number of primary amides is 1. The van der Waals surface area contributed by atoms with Crippen LogP contribution in [0.15, 0.2) is 48.5 Å². The standard InChI is InChI=1S/C19H22N2O4/c1-13(14-6-4-3-5-7-14)11-21-18(22)12-25-17-10-15(24-2)8-9-16(17)19(20)23/h3-10,13H,11-12H2,1-2H3,(H2,20,23)(H,21,22). The molecule has 0 spiro atoms. The lowest BCUT2D eigenvalue weighted by Crippen LogP contribution is -2.32. The van der Waals surface area contributed by atoms with Gasteiger partial charge in [-0.1, -0.05) is 37.3 Å². The quantitative estimate of drug-likeness (QED) is 0.768. The molecule has 0 aliphatic carbocycles. The monoisotopic (exact) mass is 342 g/mol. The molecule has 0 heterocycles. The summed E-state index contributed by atoms with van der Waals surface area (Å²) < 4.78 is 10.5. The topological polar surface area (TPSA) is 90.7 Å². The number of nitrogens with one attached hydrogen (secondary N) is 1. The smallest absolute Gasteiger partial charge is 0.257 e. The second-order valence-corrected chi connectivity index (χ2v) is 5.63. The number of rotatable bonds is 8. The van der Waals surface area contributed by atoms with E-state index in [0.29, 0.717) is 12.3 Å². The van der Waals surface area contributed by atoms with E-state index in [1.54, 1.807) is 6.07 Å². The van der Waals surface area contributed by atoms with Gasteiger partial charge in [-0.15, -0.1) is 0 Å². The SMILES string of the molecule is COc1ccc(C(N)=O)c(OCC(=O)NCC(C)c2ccccc2)c1. The molecule has 0 aliphatic heterocycles. The molecule has 2 rings (SSSR count). The first-order valence-electron chi connectivity index (χ1n) is 7.93. The predicted molar refractivity (Wildman–Crippen MR) is 94.9 cm³/mol. The molecular weight excluding hydrogens is 320 g/mol. The van der Waals surface area contributed by atoms with E-state index in [1.165, 1.54) is 19.2 Å². The first-order chi connectivity index (χ1) is 12.0. The molecule has 2 aromatic rings. The van der Waals surface area contributed by atoms with Gasteiger partial charge in [0.25, 0.3) is 11.8 Å². The molecule has 0 aliphatic rings. The highest BCUT2D eigenvalue weighted by molar-refractivity contribution is 5.96. The van der Waals surface area contributed by atoms with Gasteiger partial charge in [0, 0.05) is 12.6 Å². The Hall–Kier alpha value is -3.02.